The monoisotopic (exact) mass is 613 g/mol. The molecule has 0 aliphatic carbocycles. The van der Waals surface area contributed by atoms with Gasteiger partial charge in [-0.3, -0.25) is 0 Å². The number of para-hydroxylation sites is 2. The summed E-state index contributed by atoms with van der Waals surface area (Å²) in [6, 6.07) is 66.9. The highest BCUT2D eigenvalue weighted by Crippen LogP contribution is 2.40. The Kier molecular flexibility index (Phi) is 6.84. The van der Waals surface area contributed by atoms with Crippen LogP contribution >= 0.6 is 0 Å². The van der Waals surface area contributed by atoms with Crippen LogP contribution in [0.3, 0.4) is 0 Å². The Morgan fingerprint density at radius 2 is 0.792 bits per heavy atom. The summed E-state index contributed by atoms with van der Waals surface area (Å²) in [6.45, 7) is 0. The summed E-state index contributed by atoms with van der Waals surface area (Å²) >= 11 is 0. The van der Waals surface area contributed by atoms with Crippen molar-refractivity contribution in [3.63, 3.8) is 0 Å². The Hall–Kier alpha value is -6.38. The van der Waals surface area contributed by atoms with E-state index in [1.807, 2.05) is 12.1 Å². The Balaban J connectivity index is 1.12. The highest BCUT2D eigenvalue weighted by Gasteiger charge is 2.16. The van der Waals surface area contributed by atoms with E-state index in [9.17, 15) is 0 Å². The third-order valence-corrected chi connectivity index (χ3v) is 9.30. The van der Waals surface area contributed by atoms with Gasteiger partial charge in [0, 0.05) is 33.4 Å². The van der Waals surface area contributed by atoms with Crippen LogP contribution in [-0.2, 0) is 0 Å². The van der Waals surface area contributed by atoms with Crippen molar-refractivity contribution in [2.45, 2.75) is 0 Å². The van der Waals surface area contributed by atoms with Gasteiger partial charge in [0.15, 0.2) is 0 Å². The van der Waals surface area contributed by atoms with Gasteiger partial charge in [0.2, 0.25) is 0 Å². The maximum absolute atomic E-state index is 6.37. The summed E-state index contributed by atoms with van der Waals surface area (Å²) in [6.07, 6.45) is 0. The Bertz CT molecular complexity index is 2520. The Labute approximate surface area is 279 Å². The summed E-state index contributed by atoms with van der Waals surface area (Å²) < 4.78 is 6.37. The molecule has 1 aromatic heterocycles. The number of hydrogen-bond donors (Lipinski definition) is 0. The molecule has 2 heteroatoms. The van der Waals surface area contributed by atoms with Crippen molar-refractivity contribution in [1.82, 2.24) is 0 Å². The predicted molar refractivity (Wildman–Crippen MR) is 202 cm³/mol. The van der Waals surface area contributed by atoms with E-state index in [-0.39, 0.29) is 0 Å². The normalized spacial score (nSPS) is 11.3. The summed E-state index contributed by atoms with van der Waals surface area (Å²) in [5.41, 5.74) is 12.2. The third-order valence-electron chi connectivity index (χ3n) is 9.30. The molecule has 0 saturated carbocycles. The maximum Gasteiger partial charge on any atom is 0.143 e. The number of benzene rings is 8. The molecule has 1 heterocycles. The van der Waals surface area contributed by atoms with E-state index in [0.29, 0.717) is 0 Å². The lowest BCUT2D eigenvalue weighted by Crippen LogP contribution is -2.09. The minimum atomic E-state index is 0.911. The highest BCUT2D eigenvalue weighted by molar-refractivity contribution is 6.09. The molecule has 48 heavy (non-hydrogen) atoms. The van der Waals surface area contributed by atoms with Crippen LogP contribution in [0.1, 0.15) is 0 Å². The van der Waals surface area contributed by atoms with Crippen molar-refractivity contribution in [1.29, 1.82) is 0 Å². The van der Waals surface area contributed by atoms with Crippen LogP contribution in [0.4, 0.5) is 17.1 Å². The standard InChI is InChI=1S/C46H31NO/c1-2-10-32(11-3-1)33-20-26-37(27-21-33)47(38-28-22-35(23-29-38)41-16-8-13-34-12-4-5-14-40(34)41)39-30-24-36(25-31-39)42-17-9-18-44-43-15-6-7-19-45(43)48-46(42)44/h1-31H. The predicted octanol–water partition coefficient (Wildman–Crippen LogP) is 13.2. The molecule has 9 rings (SSSR count). The Morgan fingerprint density at radius 1 is 0.312 bits per heavy atom. The van der Waals surface area contributed by atoms with Crippen LogP contribution in [0, 0.1) is 0 Å². The molecule has 0 aliphatic heterocycles. The zero-order chi connectivity index (χ0) is 31.9. The molecule has 0 bridgehead atoms. The van der Waals surface area contributed by atoms with Gasteiger partial charge in [0.05, 0.1) is 0 Å². The average Bonchev–Trinajstić information content (AvgIpc) is 3.55. The molecular formula is C46H31NO. The third kappa shape index (κ3) is 4.92. The average molecular weight is 614 g/mol. The zero-order valence-corrected chi connectivity index (χ0v) is 26.3. The molecule has 0 radical (unpaired) electrons. The smallest absolute Gasteiger partial charge is 0.143 e. The van der Waals surface area contributed by atoms with Gasteiger partial charge in [0.1, 0.15) is 11.2 Å². The summed E-state index contributed by atoms with van der Waals surface area (Å²) in [7, 11) is 0. The molecule has 9 aromatic rings. The van der Waals surface area contributed by atoms with Gasteiger partial charge < -0.3 is 9.32 Å². The van der Waals surface area contributed by atoms with Gasteiger partial charge in [-0.25, -0.2) is 0 Å². The molecule has 226 valence electrons. The quantitative estimate of drug-likeness (QED) is 0.185. The van der Waals surface area contributed by atoms with Crippen LogP contribution in [0.15, 0.2) is 192 Å². The van der Waals surface area contributed by atoms with Gasteiger partial charge in [-0.2, -0.15) is 0 Å². The van der Waals surface area contributed by atoms with Crippen molar-refractivity contribution in [3.05, 3.63) is 188 Å². The second-order valence-corrected chi connectivity index (χ2v) is 12.1. The number of anilines is 3. The first-order chi connectivity index (χ1) is 23.8. The van der Waals surface area contributed by atoms with E-state index >= 15 is 0 Å². The molecule has 0 atom stereocenters. The fraction of sp³-hybridized carbons (Fsp3) is 0. The molecule has 8 aromatic carbocycles. The lowest BCUT2D eigenvalue weighted by atomic mass is 9.98. The maximum atomic E-state index is 6.37. The van der Waals surface area contributed by atoms with Crippen LogP contribution in [0.25, 0.3) is 66.1 Å². The summed E-state index contributed by atoms with van der Waals surface area (Å²) in [5.74, 6) is 0. The Morgan fingerprint density at radius 3 is 1.50 bits per heavy atom. The minimum Gasteiger partial charge on any atom is -0.455 e. The van der Waals surface area contributed by atoms with E-state index in [2.05, 4.69) is 181 Å². The lowest BCUT2D eigenvalue weighted by Gasteiger charge is -2.26. The number of hydrogen-bond acceptors (Lipinski definition) is 2. The van der Waals surface area contributed by atoms with Gasteiger partial charge in [-0.05, 0) is 81.1 Å². The molecule has 0 amide bonds. The molecule has 0 fully saturated rings. The number of furan rings is 1. The first-order valence-electron chi connectivity index (χ1n) is 16.3. The topological polar surface area (TPSA) is 16.4 Å². The lowest BCUT2D eigenvalue weighted by molar-refractivity contribution is 0.670. The summed E-state index contributed by atoms with van der Waals surface area (Å²) in [5, 5.41) is 4.79. The van der Waals surface area contributed by atoms with Crippen molar-refractivity contribution in [2.75, 3.05) is 4.90 Å². The zero-order valence-electron chi connectivity index (χ0n) is 26.3. The van der Waals surface area contributed by atoms with Crippen molar-refractivity contribution >= 4 is 49.8 Å². The van der Waals surface area contributed by atoms with Gasteiger partial charge >= 0.3 is 0 Å². The molecule has 0 spiro atoms. The first kappa shape index (κ1) is 27.9. The van der Waals surface area contributed by atoms with Crippen LogP contribution < -0.4 is 4.90 Å². The van der Waals surface area contributed by atoms with E-state index in [1.54, 1.807) is 0 Å². The van der Waals surface area contributed by atoms with Gasteiger partial charge in [-0.1, -0.05) is 146 Å². The first-order valence-corrected chi connectivity index (χ1v) is 16.3. The number of rotatable bonds is 6. The van der Waals surface area contributed by atoms with E-state index in [0.717, 1.165) is 50.1 Å². The summed E-state index contributed by atoms with van der Waals surface area (Å²) in [4.78, 5) is 2.33. The second kappa shape index (κ2) is 11.8. The number of fused-ring (bicyclic) bond motifs is 4. The largest absolute Gasteiger partial charge is 0.455 e. The van der Waals surface area contributed by atoms with Crippen LogP contribution in [0.5, 0.6) is 0 Å². The fourth-order valence-corrected chi connectivity index (χ4v) is 6.91. The second-order valence-electron chi connectivity index (χ2n) is 12.1. The van der Waals surface area contributed by atoms with E-state index in [1.165, 1.54) is 33.0 Å². The molecular weight excluding hydrogens is 583 g/mol. The van der Waals surface area contributed by atoms with Crippen LogP contribution in [-0.4, -0.2) is 0 Å². The minimum absolute atomic E-state index is 0.911. The molecule has 0 N–H and O–H groups in total. The fourth-order valence-electron chi connectivity index (χ4n) is 6.91. The van der Waals surface area contributed by atoms with Crippen molar-refractivity contribution in [2.24, 2.45) is 0 Å². The molecule has 0 unspecified atom stereocenters. The van der Waals surface area contributed by atoms with Crippen molar-refractivity contribution in [3.8, 4) is 33.4 Å². The molecule has 0 saturated heterocycles. The SMILES string of the molecule is c1ccc(-c2ccc(N(c3ccc(-c4cccc5ccccc45)cc3)c3ccc(-c4cccc5c4oc4ccccc45)cc3)cc2)cc1. The van der Waals surface area contributed by atoms with E-state index in [4.69, 9.17) is 4.42 Å². The van der Waals surface area contributed by atoms with Crippen LogP contribution in [0.2, 0.25) is 0 Å². The van der Waals surface area contributed by atoms with Gasteiger partial charge in [-0.15, -0.1) is 0 Å². The van der Waals surface area contributed by atoms with E-state index < -0.39 is 0 Å². The molecule has 0 aliphatic rings. The molecule has 2 nitrogen and oxygen atoms in total. The number of nitrogens with zero attached hydrogens (tertiary/aromatic N) is 1. The highest BCUT2D eigenvalue weighted by atomic mass is 16.3. The van der Waals surface area contributed by atoms with Gasteiger partial charge in [0.25, 0.3) is 0 Å². The van der Waals surface area contributed by atoms with Crippen molar-refractivity contribution < 1.29 is 4.42 Å².